The summed E-state index contributed by atoms with van der Waals surface area (Å²) in [5.74, 6) is 0. The standard InChI is InChI=1S/4C13H10S.4C2H3N/c1-9-5-4-7-11-10-6-2-3-8-12(10)14-13(9)11;1-9-5-4-8-12-13(9)10-6-2-3-7-11(10)14-12;1-9-6-7-13-11(8-9)10-4-2-3-5-12(10)14-13;1-9-6-7-11-10-4-2-3-5-12(10)14-13(11)8-9;4*1-2-3/h4*2-8H,1H3;4*1H3. The van der Waals surface area contributed by atoms with E-state index in [-0.39, 0.29) is 0 Å². The lowest BCUT2D eigenvalue weighted by Gasteiger charge is -1.95. The summed E-state index contributed by atoms with van der Waals surface area (Å²) in [4.78, 5) is 0. The molecule has 336 valence electrons. The molecule has 0 atom stereocenters. The summed E-state index contributed by atoms with van der Waals surface area (Å²) in [6.45, 7) is 14.4. The average molecular weight is 957 g/mol. The van der Waals surface area contributed by atoms with Gasteiger partial charge in [-0.15, -0.1) is 45.3 Å². The van der Waals surface area contributed by atoms with Gasteiger partial charge in [0.25, 0.3) is 0 Å². The molecule has 4 aromatic heterocycles. The molecule has 0 radical (unpaired) electrons. The highest BCUT2D eigenvalue weighted by Gasteiger charge is 2.07. The molecule has 68 heavy (non-hydrogen) atoms. The number of hydrogen-bond donors (Lipinski definition) is 0. The van der Waals surface area contributed by atoms with Crippen LogP contribution in [0.3, 0.4) is 0 Å². The molecule has 0 aliphatic heterocycles. The Hall–Kier alpha value is -7.40. The number of thiophene rings is 4. The minimum absolute atomic E-state index is 1.33. The third kappa shape index (κ3) is 12.9. The second kappa shape index (κ2) is 26.1. The van der Waals surface area contributed by atoms with Crippen LogP contribution in [0, 0.1) is 73.0 Å². The largest absolute Gasteiger partial charge is 0.199 e. The molecule has 0 unspecified atom stereocenters. The van der Waals surface area contributed by atoms with Crippen LogP contribution in [0.2, 0.25) is 0 Å². The van der Waals surface area contributed by atoms with E-state index in [1.165, 1.54) is 131 Å². The number of fused-ring (bicyclic) bond motifs is 12. The topological polar surface area (TPSA) is 95.2 Å². The Kier molecular flexibility index (Phi) is 19.8. The summed E-state index contributed by atoms with van der Waals surface area (Å²) in [7, 11) is 0. The first kappa shape index (κ1) is 51.6. The zero-order valence-electron chi connectivity index (χ0n) is 39.6. The Balaban J connectivity index is 0.000000157. The predicted octanol–water partition coefficient (Wildman–Crippen LogP) is 19.6. The highest BCUT2D eigenvalue weighted by molar-refractivity contribution is 7.27. The molecule has 0 fully saturated rings. The van der Waals surface area contributed by atoms with Gasteiger partial charge in [0.05, 0.1) is 24.3 Å². The maximum Gasteiger partial charge on any atom is 0.0587 e. The van der Waals surface area contributed by atoms with E-state index in [0.29, 0.717) is 0 Å². The summed E-state index contributed by atoms with van der Waals surface area (Å²) in [5, 5.41) is 40.4. The van der Waals surface area contributed by atoms with Crippen molar-refractivity contribution in [2.45, 2.75) is 55.4 Å². The first-order valence-electron chi connectivity index (χ1n) is 21.8. The second-order valence-corrected chi connectivity index (χ2v) is 19.5. The van der Waals surface area contributed by atoms with Gasteiger partial charge in [0.1, 0.15) is 0 Å². The number of hydrogen-bond acceptors (Lipinski definition) is 8. The van der Waals surface area contributed by atoms with Crippen molar-refractivity contribution in [3.8, 4) is 24.3 Å². The van der Waals surface area contributed by atoms with Gasteiger partial charge in [-0.2, -0.15) is 21.0 Å². The van der Waals surface area contributed by atoms with Crippen molar-refractivity contribution in [3.05, 3.63) is 192 Å². The Labute approximate surface area is 416 Å². The van der Waals surface area contributed by atoms with Crippen molar-refractivity contribution in [1.82, 2.24) is 0 Å². The minimum atomic E-state index is 1.33. The van der Waals surface area contributed by atoms with E-state index >= 15 is 0 Å². The highest BCUT2D eigenvalue weighted by Crippen LogP contribution is 2.37. The van der Waals surface area contributed by atoms with Crippen molar-refractivity contribution in [2.75, 3.05) is 0 Å². The lowest BCUT2D eigenvalue weighted by molar-refractivity contribution is 1.49. The predicted molar refractivity (Wildman–Crippen MR) is 301 cm³/mol. The Morgan fingerprint density at radius 3 is 1.24 bits per heavy atom. The van der Waals surface area contributed by atoms with Crippen molar-refractivity contribution in [1.29, 1.82) is 21.0 Å². The summed E-state index contributed by atoms with van der Waals surface area (Å²) < 4.78 is 11.1. The molecular formula is C60H52N4S4. The molecule has 8 heteroatoms. The maximum atomic E-state index is 7.32. The molecule has 0 amide bonds. The van der Waals surface area contributed by atoms with Gasteiger partial charge >= 0.3 is 0 Å². The first-order valence-corrected chi connectivity index (χ1v) is 25.1. The van der Waals surface area contributed by atoms with Gasteiger partial charge in [-0.05, 0) is 92.9 Å². The van der Waals surface area contributed by atoms with Crippen LogP contribution in [-0.2, 0) is 0 Å². The van der Waals surface area contributed by atoms with Gasteiger partial charge in [-0.1, -0.05) is 127 Å². The van der Waals surface area contributed by atoms with E-state index in [4.69, 9.17) is 21.0 Å². The average Bonchev–Trinajstić information content (AvgIpc) is 4.11. The van der Waals surface area contributed by atoms with E-state index in [9.17, 15) is 0 Å². The van der Waals surface area contributed by atoms with Crippen LogP contribution < -0.4 is 0 Å². The van der Waals surface area contributed by atoms with Crippen LogP contribution in [0.25, 0.3) is 80.7 Å². The number of aryl methyl sites for hydroxylation is 4. The van der Waals surface area contributed by atoms with Gasteiger partial charge in [-0.3, -0.25) is 0 Å². The van der Waals surface area contributed by atoms with Gasteiger partial charge in [0.2, 0.25) is 0 Å². The molecule has 0 aliphatic rings. The summed E-state index contributed by atoms with van der Waals surface area (Å²) in [6, 6.07) is 67.8. The molecule has 0 bridgehead atoms. The van der Waals surface area contributed by atoms with Crippen LogP contribution in [0.5, 0.6) is 0 Å². The van der Waals surface area contributed by atoms with Crippen molar-refractivity contribution < 1.29 is 0 Å². The van der Waals surface area contributed by atoms with Gasteiger partial charge in [0.15, 0.2) is 0 Å². The second-order valence-electron chi connectivity index (χ2n) is 15.2. The van der Waals surface area contributed by atoms with Gasteiger partial charge in [0, 0.05) is 108 Å². The molecular weight excluding hydrogens is 905 g/mol. The van der Waals surface area contributed by atoms with Crippen LogP contribution in [0.1, 0.15) is 49.9 Å². The van der Waals surface area contributed by atoms with Crippen LogP contribution in [-0.4, -0.2) is 0 Å². The monoisotopic (exact) mass is 956 g/mol. The summed E-state index contributed by atoms with van der Waals surface area (Å²) in [5.41, 5.74) is 5.42. The first-order chi connectivity index (χ1) is 33.1. The minimum Gasteiger partial charge on any atom is -0.199 e. The third-order valence-corrected chi connectivity index (χ3v) is 15.0. The number of benzene rings is 8. The molecule has 12 rings (SSSR count). The molecule has 12 aromatic rings. The zero-order chi connectivity index (χ0) is 49.0. The molecule has 0 aliphatic carbocycles. The quantitative estimate of drug-likeness (QED) is 0.151. The smallest absolute Gasteiger partial charge is 0.0587 e. The van der Waals surface area contributed by atoms with E-state index < -0.39 is 0 Å². The van der Waals surface area contributed by atoms with E-state index in [1.807, 2.05) is 45.3 Å². The number of nitriles is 4. The van der Waals surface area contributed by atoms with Crippen LogP contribution in [0.15, 0.2) is 170 Å². The molecule has 0 saturated carbocycles. The molecule has 4 nitrogen and oxygen atoms in total. The fourth-order valence-electron chi connectivity index (χ4n) is 7.51. The van der Waals surface area contributed by atoms with E-state index in [2.05, 4.69) is 198 Å². The molecule has 0 spiro atoms. The molecule has 4 heterocycles. The zero-order valence-corrected chi connectivity index (χ0v) is 42.9. The fraction of sp³-hybridized carbons (Fsp3) is 0.133. The fourth-order valence-corrected chi connectivity index (χ4v) is 12.2. The molecule has 0 saturated heterocycles. The lowest BCUT2D eigenvalue weighted by atomic mass is 10.1. The Morgan fingerprint density at radius 2 is 0.647 bits per heavy atom. The lowest BCUT2D eigenvalue weighted by Crippen LogP contribution is -1.72. The summed E-state index contributed by atoms with van der Waals surface area (Å²) >= 11 is 7.51. The van der Waals surface area contributed by atoms with E-state index in [1.54, 1.807) is 24.3 Å². The third-order valence-electron chi connectivity index (χ3n) is 10.3. The summed E-state index contributed by atoms with van der Waals surface area (Å²) in [6.07, 6.45) is 0. The Morgan fingerprint density at radius 1 is 0.294 bits per heavy atom. The van der Waals surface area contributed by atoms with Gasteiger partial charge < -0.3 is 0 Å². The van der Waals surface area contributed by atoms with Crippen molar-refractivity contribution in [3.63, 3.8) is 0 Å². The SMILES string of the molecule is CC#N.CC#N.CC#N.CC#N.Cc1ccc2c(c1)sc1ccccc12.Cc1ccc2sc3ccccc3c2c1.Cc1cccc2c1sc1ccccc12.Cc1cccc2sc3ccccc3c12. The van der Waals surface area contributed by atoms with Crippen molar-refractivity contribution in [2.24, 2.45) is 0 Å². The molecule has 0 N–H and O–H groups in total. The van der Waals surface area contributed by atoms with Crippen LogP contribution >= 0.6 is 45.3 Å². The number of nitrogens with zero attached hydrogens (tertiary/aromatic N) is 4. The van der Waals surface area contributed by atoms with Gasteiger partial charge in [-0.25, -0.2) is 0 Å². The Bertz CT molecular complexity index is 3670. The van der Waals surface area contributed by atoms with Crippen molar-refractivity contribution >= 4 is 126 Å². The number of rotatable bonds is 0. The van der Waals surface area contributed by atoms with Crippen LogP contribution in [0.4, 0.5) is 0 Å². The molecule has 8 aromatic carbocycles. The normalized spacial score (nSPS) is 9.71. The maximum absolute atomic E-state index is 7.32. The highest BCUT2D eigenvalue weighted by atomic mass is 32.1. The van der Waals surface area contributed by atoms with E-state index in [0.717, 1.165) is 0 Å².